The summed E-state index contributed by atoms with van der Waals surface area (Å²) >= 11 is 9.53. The van der Waals surface area contributed by atoms with Crippen molar-refractivity contribution < 1.29 is 19.5 Å². The topological polar surface area (TPSA) is 0 Å². The van der Waals surface area contributed by atoms with Crippen LogP contribution >= 0.6 is 23.2 Å². The first kappa shape index (κ1) is 22.9. The van der Waals surface area contributed by atoms with Crippen LogP contribution in [-0.2, 0) is 19.5 Å². The molecule has 0 atom stereocenters. The Kier molecular flexibility index (Phi) is 251. The second-order valence-corrected chi connectivity index (χ2v) is 0.909. The minimum atomic E-state index is 0. The van der Waals surface area contributed by atoms with Crippen molar-refractivity contribution in [2.45, 2.75) is 13.8 Å². The standard InChI is InChI=1S/2C2H5.CH2Cl2.Zn/c2*1-2;2-1-3;/h2*1H2,2H3;1H2;/q2*-1;;+2. The van der Waals surface area contributed by atoms with Gasteiger partial charge in [-0.1, -0.05) is 0 Å². The van der Waals surface area contributed by atoms with Crippen LogP contribution in [0.25, 0.3) is 0 Å². The van der Waals surface area contributed by atoms with Gasteiger partial charge in [-0.3, -0.25) is 0 Å². The molecule has 0 aromatic heterocycles. The number of alkyl halides is 2. The van der Waals surface area contributed by atoms with Gasteiger partial charge in [-0.25, -0.2) is 0 Å². The van der Waals surface area contributed by atoms with Crippen molar-refractivity contribution in [3.05, 3.63) is 13.8 Å². The fraction of sp³-hybridized carbons (Fsp3) is 0.600. The van der Waals surface area contributed by atoms with E-state index in [-0.39, 0.29) is 24.8 Å². The van der Waals surface area contributed by atoms with E-state index in [9.17, 15) is 0 Å². The molecule has 0 nitrogen and oxygen atoms in total. The predicted octanol–water partition coefficient (Wildman–Crippen LogP) is 3.10. The number of hydrogen-bond acceptors (Lipinski definition) is 0. The minimum absolute atomic E-state index is 0. The first-order valence-electron chi connectivity index (χ1n) is 1.95. The fourth-order valence-electron chi connectivity index (χ4n) is 0. The van der Waals surface area contributed by atoms with E-state index in [2.05, 4.69) is 13.8 Å². The zero-order valence-corrected chi connectivity index (χ0v) is 10.1. The molecule has 0 saturated heterocycles. The van der Waals surface area contributed by atoms with Gasteiger partial charge in [-0.15, -0.1) is 23.2 Å². The molecule has 0 aliphatic heterocycles. The van der Waals surface area contributed by atoms with Crippen molar-refractivity contribution in [3.63, 3.8) is 0 Å². The Morgan fingerprint density at radius 2 is 1.00 bits per heavy atom. The van der Waals surface area contributed by atoms with Crippen LogP contribution in [0.3, 0.4) is 0 Å². The van der Waals surface area contributed by atoms with Gasteiger partial charge in [0.2, 0.25) is 0 Å². The van der Waals surface area contributed by atoms with Gasteiger partial charge in [0.05, 0.1) is 5.34 Å². The first-order chi connectivity index (χ1) is 3.41. The molecule has 0 aliphatic carbocycles. The Morgan fingerprint density at radius 3 is 1.00 bits per heavy atom. The van der Waals surface area contributed by atoms with Crippen LogP contribution in [0, 0.1) is 13.8 Å². The van der Waals surface area contributed by atoms with E-state index in [4.69, 9.17) is 23.2 Å². The normalized spacial score (nSPS) is 3.75. The zero-order valence-electron chi connectivity index (χ0n) is 5.58. The summed E-state index contributed by atoms with van der Waals surface area (Å²) in [5.74, 6) is 0. The smallest absolute Gasteiger partial charge is 0.346 e. The van der Waals surface area contributed by atoms with Gasteiger partial charge in [-0.05, 0) is 0 Å². The Balaban J connectivity index is -0.0000000147. The van der Waals surface area contributed by atoms with Crippen molar-refractivity contribution in [2.75, 3.05) is 5.34 Å². The average Bonchev–Trinajstić information content (AvgIpc) is 1.78. The van der Waals surface area contributed by atoms with Gasteiger partial charge in [0, 0.05) is 0 Å². The SMILES string of the molecule is ClCCl.[CH2-]C.[CH2-]C.[Zn+2]. The van der Waals surface area contributed by atoms with Crippen molar-refractivity contribution in [1.82, 2.24) is 0 Å². The summed E-state index contributed by atoms with van der Waals surface area (Å²) in [6.07, 6.45) is 0. The molecule has 0 aromatic carbocycles. The molecule has 0 bridgehead atoms. The molecule has 0 spiro atoms. The van der Waals surface area contributed by atoms with E-state index in [1.165, 1.54) is 0 Å². The van der Waals surface area contributed by atoms with Crippen LogP contribution in [0.4, 0.5) is 0 Å². The molecule has 0 N–H and O–H groups in total. The van der Waals surface area contributed by atoms with Gasteiger partial charge in [0.15, 0.2) is 0 Å². The maximum atomic E-state index is 4.76. The molecule has 8 heavy (non-hydrogen) atoms. The van der Waals surface area contributed by atoms with Crippen LogP contribution in [0.15, 0.2) is 0 Å². The molecule has 0 fully saturated rings. The zero-order chi connectivity index (χ0) is 6.71. The van der Waals surface area contributed by atoms with Crippen LogP contribution in [0.5, 0.6) is 0 Å². The maximum absolute atomic E-state index is 4.76. The fourth-order valence-corrected chi connectivity index (χ4v) is 0. The van der Waals surface area contributed by atoms with E-state index in [0.717, 1.165) is 0 Å². The van der Waals surface area contributed by atoms with Crippen molar-refractivity contribution in [3.8, 4) is 0 Å². The van der Waals surface area contributed by atoms with Gasteiger partial charge >= 0.3 is 19.5 Å². The average molecular weight is 208 g/mol. The van der Waals surface area contributed by atoms with Crippen LogP contribution in [-0.4, -0.2) is 5.34 Å². The summed E-state index contributed by atoms with van der Waals surface area (Å²) in [6, 6.07) is 0. The second-order valence-electron chi connectivity index (χ2n) is 0.101. The molecule has 0 amide bonds. The molecule has 48 valence electrons. The van der Waals surface area contributed by atoms with Gasteiger partial charge in [0.1, 0.15) is 0 Å². The maximum Gasteiger partial charge on any atom is 2.00 e. The molecule has 3 heteroatoms. The van der Waals surface area contributed by atoms with E-state index in [0.29, 0.717) is 0 Å². The summed E-state index contributed by atoms with van der Waals surface area (Å²) < 4.78 is 0. The summed E-state index contributed by atoms with van der Waals surface area (Å²) in [6.45, 7) is 10.0. The molecule has 0 aromatic rings. The summed E-state index contributed by atoms with van der Waals surface area (Å²) in [4.78, 5) is 0. The van der Waals surface area contributed by atoms with Crippen LogP contribution in [0.2, 0.25) is 0 Å². The van der Waals surface area contributed by atoms with Crippen molar-refractivity contribution >= 4 is 23.2 Å². The third-order valence-corrected chi connectivity index (χ3v) is 0. The van der Waals surface area contributed by atoms with Gasteiger partial charge < -0.3 is 13.8 Å². The molecule has 0 saturated carbocycles. The van der Waals surface area contributed by atoms with Gasteiger partial charge in [0.25, 0.3) is 0 Å². The van der Waals surface area contributed by atoms with E-state index >= 15 is 0 Å². The third-order valence-electron chi connectivity index (χ3n) is 0. The quantitative estimate of drug-likeness (QED) is 0.326. The molecule has 0 heterocycles. The molecular formula is C5H12Cl2Zn. The van der Waals surface area contributed by atoms with Crippen LogP contribution < -0.4 is 0 Å². The third kappa shape index (κ3) is 191. The van der Waals surface area contributed by atoms with E-state index in [1.54, 1.807) is 13.8 Å². The second kappa shape index (κ2) is 87.7. The number of hydrogen-bond donors (Lipinski definition) is 0. The Hall–Kier alpha value is 1.20. The summed E-state index contributed by atoms with van der Waals surface area (Å²) in [7, 11) is 0. The van der Waals surface area contributed by atoms with E-state index in [1.807, 2.05) is 0 Å². The first-order valence-corrected chi connectivity index (χ1v) is 3.02. The molecule has 0 radical (unpaired) electrons. The van der Waals surface area contributed by atoms with E-state index < -0.39 is 0 Å². The van der Waals surface area contributed by atoms with Gasteiger partial charge in [-0.2, -0.15) is 13.8 Å². The largest absolute Gasteiger partial charge is 2.00 e. The Morgan fingerprint density at radius 1 is 1.00 bits per heavy atom. The summed E-state index contributed by atoms with van der Waals surface area (Å²) in [5, 5.41) is 0.194. The minimum Gasteiger partial charge on any atom is -0.346 e. The van der Waals surface area contributed by atoms with Crippen molar-refractivity contribution in [2.24, 2.45) is 0 Å². The molecule has 0 aliphatic rings. The molecule has 0 unspecified atom stereocenters. The Labute approximate surface area is 75.7 Å². The molecule has 0 rings (SSSR count). The number of rotatable bonds is 0. The monoisotopic (exact) mass is 206 g/mol. The van der Waals surface area contributed by atoms with Crippen LogP contribution in [0.1, 0.15) is 13.8 Å². The van der Waals surface area contributed by atoms with Crippen molar-refractivity contribution in [1.29, 1.82) is 0 Å². The Bertz CT molecular complexity index is 10.4. The summed E-state index contributed by atoms with van der Waals surface area (Å²) in [5.41, 5.74) is 0. The predicted molar refractivity (Wildman–Crippen MR) is 38.6 cm³/mol. The number of halogens is 2. The molecular weight excluding hydrogens is 196 g/mol.